The molecule has 1 amide bonds. The van der Waals surface area contributed by atoms with Gasteiger partial charge in [-0.25, -0.2) is 4.68 Å². The molecule has 0 spiro atoms. The van der Waals surface area contributed by atoms with Crippen molar-refractivity contribution in [1.29, 1.82) is 0 Å². The molecule has 6 nitrogen and oxygen atoms in total. The number of benzene rings is 1. The number of fused-ring (bicyclic) bond motifs is 1. The minimum absolute atomic E-state index is 0.00574. The normalized spacial score (nSPS) is 15.1. The Bertz CT molecular complexity index is 1020. The fourth-order valence-corrected chi connectivity index (χ4v) is 3.43. The van der Waals surface area contributed by atoms with Crippen LogP contribution in [0.4, 0.5) is 0 Å². The lowest BCUT2D eigenvalue weighted by Crippen LogP contribution is -2.52. The maximum Gasteiger partial charge on any atom is 0.270 e. The number of aromatic nitrogens is 3. The summed E-state index contributed by atoms with van der Waals surface area (Å²) in [6, 6.07) is 13.1. The number of hydrogen-bond donors (Lipinski definition) is 1. The summed E-state index contributed by atoms with van der Waals surface area (Å²) in [4.78, 5) is 29.8. The molecule has 2 aromatic heterocycles. The molecular weight excluding hydrogens is 340 g/mol. The van der Waals surface area contributed by atoms with Crippen molar-refractivity contribution in [3.8, 4) is 0 Å². The number of H-pyrrole nitrogens is 1. The van der Waals surface area contributed by atoms with Crippen LogP contribution in [-0.4, -0.2) is 38.7 Å². The molecule has 0 saturated carbocycles. The highest BCUT2D eigenvalue weighted by Crippen LogP contribution is 2.23. The van der Waals surface area contributed by atoms with E-state index >= 15 is 0 Å². The first-order valence-corrected chi connectivity index (χ1v) is 9.27. The van der Waals surface area contributed by atoms with Crippen LogP contribution in [0.25, 0.3) is 10.9 Å². The molecule has 1 aliphatic rings. The maximum atomic E-state index is 12.7. The summed E-state index contributed by atoms with van der Waals surface area (Å²) in [5.74, 6) is 0.255. The first kappa shape index (κ1) is 17.5. The molecule has 0 radical (unpaired) electrons. The van der Waals surface area contributed by atoms with Gasteiger partial charge in [0.1, 0.15) is 5.69 Å². The monoisotopic (exact) mass is 364 g/mol. The number of para-hydroxylation sites is 1. The molecule has 3 aromatic rings. The molecular formula is C21H24N4O2. The van der Waals surface area contributed by atoms with Gasteiger partial charge in [0.2, 0.25) is 0 Å². The summed E-state index contributed by atoms with van der Waals surface area (Å²) in [6.07, 6.45) is 0. The third kappa shape index (κ3) is 3.39. The van der Waals surface area contributed by atoms with E-state index in [0.29, 0.717) is 25.3 Å². The third-order valence-corrected chi connectivity index (χ3v) is 5.07. The molecule has 0 atom stereocenters. The van der Waals surface area contributed by atoms with Gasteiger partial charge in [0, 0.05) is 41.4 Å². The van der Waals surface area contributed by atoms with Crippen molar-refractivity contribution in [3.63, 3.8) is 0 Å². The van der Waals surface area contributed by atoms with Crippen molar-refractivity contribution >= 4 is 16.8 Å². The Balaban J connectivity index is 1.42. The zero-order valence-corrected chi connectivity index (χ0v) is 15.9. The highest BCUT2D eigenvalue weighted by molar-refractivity contribution is 5.98. The second kappa shape index (κ2) is 6.37. The molecule has 0 unspecified atom stereocenters. The summed E-state index contributed by atoms with van der Waals surface area (Å²) in [5.41, 5.74) is 2.27. The lowest BCUT2D eigenvalue weighted by molar-refractivity contribution is 0.0452. The molecule has 0 aliphatic carbocycles. The molecule has 3 heterocycles. The van der Waals surface area contributed by atoms with Crippen LogP contribution in [0, 0.1) is 5.92 Å². The van der Waals surface area contributed by atoms with Gasteiger partial charge in [-0.05, 0) is 18.2 Å². The number of hydrogen-bond acceptors (Lipinski definition) is 3. The van der Waals surface area contributed by atoms with Gasteiger partial charge in [-0.15, -0.1) is 0 Å². The van der Waals surface area contributed by atoms with Gasteiger partial charge in [0.05, 0.1) is 12.2 Å². The quantitative estimate of drug-likeness (QED) is 0.777. The molecule has 4 rings (SSSR count). The summed E-state index contributed by atoms with van der Waals surface area (Å²) < 4.78 is 1.54. The Labute approximate surface area is 157 Å². The van der Waals surface area contributed by atoms with E-state index in [9.17, 15) is 9.59 Å². The first-order valence-electron chi connectivity index (χ1n) is 9.27. The van der Waals surface area contributed by atoms with E-state index in [-0.39, 0.29) is 22.8 Å². The Morgan fingerprint density at radius 2 is 1.93 bits per heavy atom. The predicted octanol–water partition coefficient (Wildman–Crippen LogP) is 2.79. The van der Waals surface area contributed by atoms with Crippen LogP contribution in [-0.2, 0) is 12.0 Å². The molecule has 0 bridgehead atoms. The fraction of sp³-hybridized carbons (Fsp3) is 0.381. The highest BCUT2D eigenvalue weighted by atomic mass is 16.2. The average molecular weight is 364 g/mol. The zero-order chi connectivity index (χ0) is 19.2. The predicted molar refractivity (Wildman–Crippen MR) is 105 cm³/mol. The maximum absolute atomic E-state index is 12.7. The lowest BCUT2D eigenvalue weighted by Gasteiger charge is -2.39. The van der Waals surface area contributed by atoms with Gasteiger partial charge >= 0.3 is 0 Å². The molecule has 1 N–H and O–H groups in total. The van der Waals surface area contributed by atoms with Crippen molar-refractivity contribution in [2.45, 2.75) is 32.7 Å². The number of aromatic amines is 1. The van der Waals surface area contributed by atoms with Crippen LogP contribution < -0.4 is 5.56 Å². The smallest absolute Gasteiger partial charge is 0.270 e. The van der Waals surface area contributed by atoms with Crippen LogP contribution in [0.15, 0.2) is 47.3 Å². The van der Waals surface area contributed by atoms with E-state index < -0.39 is 0 Å². The Kier molecular flexibility index (Phi) is 4.13. The van der Waals surface area contributed by atoms with E-state index in [0.717, 1.165) is 16.6 Å². The summed E-state index contributed by atoms with van der Waals surface area (Å²) >= 11 is 0. The van der Waals surface area contributed by atoms with Gasteiger partial charge < -0.3 is 9.88 Å². The number of nitrogens with zero attached hydrogens (tertiary/aromatic N) is 3. The van der Waals surface area contributed by atoms with E-state index in [2.05, 4.69) is 30.9 Å². The van der Waals surface area contributed by atoms with Gasteiger partial charge in [-0.3, -0.25) is 9.59 Å². The molecule has 1 aliphatic heterocycles. The van der Waals surface area contributed by atoms with Crippen molar-refractivity contribution < 1.29 is 4.79 Å². The summed E-state index contributed by atoms with van der Waals surface area (Å²) in [6.45, 7) is 8.06. The second-order valence-electron chi connectivity index (χ2n) is 8.34. The number of rotatable bonds is 3. The minimum Gasteiger partial charge on any atom is -0.351 e. The van der Waals surface area contributed by atoms with Crippen molar-refractivity contribution in [2.24, 2.45) is 5.92 Å². The fourth-order valence-electron chi connectivity index (χ4n) is 3.43. The number of carbonyl (C=O) groups is 1. The Morgan fingerprint density at radius 1 is 1.19 bits per heavy atom. The third-order valence-electron chi connectivity index (χ3n) is 5.07. The number of amides is 1. The Morgan fingerprint density at radius 3 is 2.63 bits per heavy atom. The van der Waals surface area contributed by atoms with Crippen LogP contribution in [0.5, 0.6) is 0 Å². The molecule has 140 valence electrons. The van der Waals surface area contributed by atoms with Gasteiger partial charge in [0.15, 0.2) is 0 Å². The van der Waals surface area contributed by atoms with Gasteiger partial charge in [-0.1, -0.05) is 39.0 Å². The van der Waals surface area contributed by atoms with E-state index in [1.54, 1.807) is 12.1 Å². The van der Waals surface area contributed by atoms with Crippen molar-refractivity contribution in [3.05, 3.63) is 64.2 Å². The topological polar surface area (TPSA) is 71.0 Å². The average Bonchev–Trinajstić information content (AvgIpc) is 3.01. The minimum atomic E-state index is -0.104. The molecule has 1 fully saturated rings. The highest BCUT2D eigenvalue weighted by Gasteiger charge is 2.32. The van der Waals surface area contributed by atoms with Gasteiger partial charge in [-0.2, -0.15) is 5.10 Å². The lowest BCUT2D eigenvalue weighted by atomic mass is 9.92. The Hall–Kier alpha value is -2.89. The zero-order valence-electron chi connectivity index (χ0n) is 15.9. The number of likely N-dealkylation sites (tertiary alicyclic amines) is 1. The summed E-state index contributed by atoms with van der Waals surface area (Å²) in [5, 5.41) is 5.55. The summed E-state index contributed by atoms with van der Waals surface area (Å²) in [7, 11) is 0. The molecule has 6 heteroatoms. The standard InChI is InChI=1S/C21H24N4O2/c1-21(2,3)18-8-9-19(26)25(23-18)13-14-11-24(12-14)20(27)17-10-15-6-4-5-7-16(15)22-17/h4-10,14,22H,11-13H2,1-3H3. The van der Waals surface area contributed by atoms with Gasteiger partial charge in [0.25, 0.3) is 11.5 Å². The number of carbonyl (C=O) groups excluding carboxylic acids is 1. The molecule has 1 saturated heterocycles. The van der Waals surface area contributed by atoms with Crippen LogP contribution in [0.2, 0.25) is 0 Å². The molecule has 1 aromatic carbocycles. The van der Waals surface area contributed by atoms with Crippen LogP contribution >= 0.6 is 0 Å². The van der Waals surface area contributed by atoms with Crippen molar-refractivity contribution in [2.75, 3.05) is 13.1 Å². The SMILES string of the molecule is CC(C)(C)c1ccc(=O)n(CC2CN(C(=O)c3cc4ccccc4[nH]3)C2)n1. The van der Waals surface area contributed by atoms with Crippen LogP contribution in [0.1, 0.15) is 37.0 Å². The second-order valence-corrected chi connectivity index (χ2v) is 8.34. The van der Waals surface area contributed by atoms with Crippen LogP contribution in [0.3, 0.4) is 0 Å². The molecule has 27 heavy (non-hydrogen) atoms. The largest absolute Gasteiger partial charge is 0.351 e. The number of nitrogens with one attached hydrogen (secondary N) is 1. The van der Waals surface area contributed by atoms with E-state index in [4.69, 9.17) is 0 Å². The van der Waals surface area contributed by atoms with E-state index in [1.165, 1.54) is 4.68 Å². The van der Waals surface area contributed by atoms with E-state index in [1.807, 2.05) is 35.2 Å². The first-order chi connectivity index (χ1) is 12.8. The van der Waals surface area contributed by atoms with Crippen molar-refractivity contribution in [1.82, 2.24) is 19.7 Å².